The first-order valence-corrected chi connectivity index (χ1v) is 5.14. The van der Waals surface area contributed by atoms with E-state index in [0.29, 0.717) is 0 Å². The van der Waals surface area contributed by atoms with E-state index in [-0.39, 0.29) is 0 Å². The molecule has 1 aromatic heterocycles. The molecule has 0 radical (unpaired) electrons. The maximum absolute atomic E-state index is 5.94. The quantitative estimate of drug-likeness (QED) is 0.691. The topological polar surface area (TPSA) is 12.9 Å². The number of benzene rings is 1. The van der Waals surface area contributed by atoms with Gasteiger partial charge in [0, 0.05) is 16.1 Å². The number of fused-ring (bicyclic) bond motifs is 1. The van der Waals surface area contributed by atoms with E-state index < -0.39 is 0 Å². The summed E-state index contributed by atoms with van der Waals surface area (Å²) in [5.74, 6) is 0. The summed E-state index contributed by atoms with van der Waals surface area (Å²) in [7, 11) is 0. The zero-order valence-electron chi connectivity index (χ0n) is 8.34. The van der Waals surface area contributed by atoms with Gasteiger partial charge in [0.25, 0.3) is 0 Å². The van der Waals surface area contributed by atoms with Crippen LogP contribution in [0.1, 0.15) is 18.2 Å². The number of pyridine rings is 1. The van der Waals surface area contributed by atoms with E-state index in [0.717, 1.165) is 28.0 Å². The first kappa shape index (κ1) is 9.47. The lowest BCUT2D eigenvalue weighted by Crippen LogP contribution is -1.90. The molecule has 72 valence electrons. The van der Waals surface area contributed by atoms with Gasteiger partial charge in [0.2, 0.25) is 0 Å². The Morgan fingerprint density at radius 1 is 1.29 bits per heavy atom. The molecule has 0 bridgehead atoms. The number of hydrogen-bond acceptors (Lipinski definition) is 1. The van der Waals surface area contributed by atoms with Crippen LogP contribution in [0.15, 0.2) is 24.3 Å². The summed E-state index contributed by atoms with van der Waals surface area (Å²) in [6, 6.07) is 7.96. The fourth-order valence-corrected chi connectivity index (χ4v) is 1.79. The highest BCUT2D eigenvalue weighted by molar-refractivity contribution is 6.31. The lowest BCUT2D eigenvalue weighted by Gasteiger charge is -2.04. The lowest BCUT2D eigenvalue weighted by atomic mass is 10.1. The summed E-state index contributed by atoms with van der Waals surface area (Å²) >= 11 is 5.94. The molecule has 0 saturated carbocycles. The lowest BCUT2D eigenvalue weighted by molar-refractivity contribution is 1.05. The van der Waals surface area contributed by atoms with Crippen molar-refractivity contribution < 1.29 is 0 Å². The van der Waals surface area contributed by atoms with Gasteiger partial charge in [-0.2, -0.15) is 0 Å². The van der Waals surface area contributed by atoms with Crippen molar-refractivity contribution in [3.05, 3.63) is 40.5 Å². The van der Waals surface area contributed by atoms with Crippen molar-refractivity contribution in [2.45, 2.75) is 20.3 Å². The van der Waals surface area contributed by atoms with Crippen LogP contribution in [0.2, 0.25) is 5.02 Å². The summed E-state index contributed by atoms with van der Waals surface area (Å²) < 4.78 is 0. The van der Waals surface area contributed by atoms with E-state index in [4.69, 9.17) is 11.6 Å². The van der Waals surface area contributed by atoms with Gasteiger partial charge in [-0.3, -0.25) is 4.98 Å². The van der Waals surface area contributed by atoms with Gasteiger partial charge in [0.15, 0.2) is 0 Å². The van der Waals surface area contributed by atoms with Crippen molar-refractivity contribution in [3.8, 4) is 0 Å². The zero-order valence-corrected chi connectivity index (χ0v) is 9.10. The Labute approximate surface area is 88.7 Å². The number of hydrogen-bond donors (Lipinski definition) is 0. The van der Waals surface area contributed by atoms with Gasteiger partial charge in [-0.1, -0.05) is 18.5 Å². The molecule has 1 heterocycles. The molecule has 0 aliphatic heterocycles. The Kier molecular flexibility index (Phi) is 2.42. The monoisotopic (exact) mass is 205 g/mol. The van der Waals surface area contributed by atoms with Gasteiger partial charge in [-0.15, -0.1) is 0 Å². The average Bonchev–Trinajstić information content (AvgIpc) is 2.19. The molecule has 0 fully saturated rings. The number of nitrogens with zero attached hydrogens (tertiary/aromatic N) is 1. The van der Waals surface area contributed by atoms with Gasteiger partial charge in [-0.25, -0.2) is 0 Å². The standard InChI is InChI=1S/C12H12ClN/c1-3-10-6-8(2)11-7-9(13)4-5-12(11)14-10/h4-7H,3H2,1-2H3. The number of halogens is 1. The molecule has 0 amide bonds. The second-order valence-electron chi connectivity index (χ2n) is 3.45. The molecule has 0 N–H and O–H groups in total. The highest BCUT2D eigenvalue weighted by Gasteiger charge is 2.01. The number of aryl methyl sites for hydroxylation is 2. The second kappa shape index (κ2) is 3.58. The van der Waals surface area contributed by atoms with Gasteiger partial charge in [0.05, 0.1) is 5.52 Å². The maximum Gasteiger partial charge on any atom is 0.0708 e. The molecule has 0 unspecified atom stereocenters. The predicted molar refractivity (Wildman–Crippen MR) is 60.9 cm³/mol. The number of aromatic nitrogens is 1. The molecule has 0 aliphatic carbocycles. The smallest absolute Gasteiger partial charge is 0.0708 e. The summed E-state index contributed by atoms with van der Waals surface area (Å²) in [5.41, 5.74) is 3.41. The first-order chi connectivity index (χ1) is 6.70. The molecule has 0 atom stereocenters. The molecule has 14 heavy (non-hydrogen) atoms. The minimum Gasteiger partial charge on any atom is -0.253 e. The molecule has 1 nitrogen and oxygen atoms in total. The van der Waals surface area contributed by atoms with Gasteiger partial charge in [-0.05, 0) is 43.2 Å². The molecular weight excluding hydrogens is 194 g/mol. The van der Waals surface area contributed by atoms with E-state index in [1.165, 1.54) is 5.56 Å². The van der Waals surface area contributed by atoms with Crippen LogP contribution in [-0.2, 0) is 6.42 Å². The third kappa shape index (κ3) is 1.60. The molecule has 1 aromatic carbocycles. The zero-order chi connectivity index (χ0) is 10.1. The molecule has 0 saturated heterocycles. The minimum atomic E-state index is 0.770. The van der Waals surface area contributed by atoms with Crippen molar-refractivity contribution in [1.82, 2.24) is 4.98 Å². The Morgan fingerprint density at radius 2 is 2.07 bits per heavy atom. The van der Waals surface area contributed by atoms with E-state index in [2.05, 4.69) is 24.9 Å². The SMILES string of the molecule is CCc1cc(C)c2cc(Cl)ccc2n1. The van der Waals surface area contributed by atoms with Crippen LogP contribution in [0.4, 0.5) is 0 Å². The Morgan fingerprint density at radius 3 is 2.79 bits per heavy atom. The fraction of sp³-hybridized carbons (Fsp3) is 0.250. The van der Waals surface area contributed by atoms with E-state index in [1.54, 1.807) is 0 Å². The Balaban J connectivity index is 2.76. The van der Waals surface area contributed by atoms with E-state index in [9.17, 15) is 0 Å². The minimum absolute atomic E-state index is 0.770. The maximum atomic E-state index is 5.94. The van der Waals surface area contributed by atoms with Gasteiger partial charge in [0.1, 0.15) is 0 Å². The second-order valence-corrected chi connectivity index (χ2v) is 3.88. The largest absolute Gasteiger partial charge is 0.253 e. The van der Waals surface area contributed by atoms with E-state index >= 15 is 0 Å². The number of rotatable bonds is 1. The molecule has 2 heteroatoms. The third-order valence-corrected chi connectivity index (χ3v) is 2.63. The molecule has 0 spiro atoms. The molecule has 2 aromatic rings. The molecule has 0 aliphatic rings. The predicted octanol–water partition coefficient (Wildman–Crippen LogP) is 3.76. The highest BCUT2D eigenvalue weighted by Crippen LogP contribution is 2.21. The van der Waals surface area contributed by atoms with Gasteiger partial charge < -0.3 is 0 Å². The summed E-state index contributed by atoms with van der Waals surface area (Å²) in [4.78, 5) is 4.54. The van der Waals surface area contributed by atoms with Crippen LogP contribution in [-0.4, -0.2) is 4.98 Å². The van der Waals surface area contributed by atoms with Crippen molar-refractivity contribution in [2.24, 2.45) is 0 Å². The summed E-state index contributed by atoms with van der Waals surface area (Å²) in [6.07, 6.45) is 0.972. The van der Waals surface area contributed by atoms with E-state index in [1.807, 2.05) is 18.2 Å². The third-order valence-electron chi connectivity index (χ3n) is 2.39. The van der Waals surface area contributed by atoms with Crippen LogP contribution < -0.4 is 0 Å². The van der Waals surface area contributed by atoms with Crippen LogP contribution in [0.25, 0.3) is 10.9 Å². The molecule has 2 rings (SSSR count). The van der Waals surface area contributed by atoms with Crippen molar-refractivity contribution >= 4 is 22.5 Å². The fourth-order valence-electron chi connectivity index (χ4n) is 1.62. The summed E-state index contributed by atoms with van der Waals surface area (Å²) in [6.45, 7) is 4.21. The van der Waals surface area contributed by atoms with Crippen LogP contribution in [0, 0.1) is 6.92 Å². The molecular formula is C12H12ClN. The first-order valence-electron chi connectivity index (χ1n) is 4.76. The average molecular weight is 206 g/mol. The normalized spacial score (nSPS) is 10.8. The van der Waals surface area contributed by atoms with Crippen molar-refractivity contribution in [2.75, 3.05) is 0 Å². The van der Waals surface area contributed by atoms with Crippen LogP contribution >= 0.6 is 11.6 Å². The Bertz CT molecular complexity index is 477. The van der Waals surface area contributed by atoms with Crippen molar-refractivity contribution in [1.29, 1.82) is 0 Å². The van der Waals surface area contributed by atoms with Crippen LogP contribution in [0.5, 0.6) is 0 Å². The summed E-state index contributed by atoms with van der Waals surface area (Å²) in [5, 5.41) is 1.92. The highest BCUT2D eigenvalue weighted by atomic mass is 35.5. The van der Waals surface area contributed by atoms with Gasteiger partial charge >= 0.3 is 0 Å². The van der Waals surface area contributed by atoms with Crippen LogP contribution in [0.3, 0.4) is 0 Å². The Hall–Kier alpha value is -1.08. The van der Waals surface area contributed by atoms with Crippen molar-refractivity contribution in [3.63, 3.8) is 0 Å².